The number of anilines is 1. The fourth-order valence-corrected chi connectivity index (χ4v) is 8.66. The number of pyridine rings is 1. The number of rotatable bonds is 16. The van der Waals surface area contributed by atoms with Gasteiger partial charge in [0.25, 0.3) is 0 Å². The van der Waals surface area contributed by atoms with Crippen molar-refractivity contribution < 1.29 is 38.5 Å². The number of hydrogen-bond acceptors (Lipinski definition) is 11. The number of amides is 3. The first-order chi connectivity index (χ1) is 27.9. The second-order valence-corrected chi connectivity index (χ2v) is 18.5. The predicted molar refractivity (Wildman–Crippen MR) is 221 cm³/mol. The van der Waals surface area contributed by atoms with Crippen molar-refractivity contribution in [3.05, 3.63) is 36.5 Å². The molecule has 16 heteroatoms. The molecular weight excluding hydrogens is 757 g/mol. The maximum Gasteiger partial charge on any atom is 0.408 e. The van der Waals surface area contributed by atoms with Gasteiger partial charge in [-0.15, -0.1) is 5.10 Å². The Labute approximate surface area is 345 Å². The number of likely N-dealkylation sites (tertiary alicyclic amines) is 1. The highest BCUT2D eigenvalue weighted by Gasteiger charge is 2.61. The third-order valence-corrected chi connectivity index (χ3v) is 12.1. The topological polar surface area (TPSA) is 189 Å². The van der Waals surface area contributed by atoms with Crippen LogP contribution in [0.4, 0.5) is 10.6 Å². The zero-order valence-corrected chi connectivity index (χ0v) is 35.5. The van der Waals surface area contributed by atoms with Crippen LogP contribution < -0.4 is 25.4 Å². The second kappa shape index (κ2) is 16.5. The molecule has 1 saturated heterocycles. The van der Waals surface area contributed by atoms with Crippen molar-refractivity contribution >= 4 is 40.6 Å². The molecule has 3 aliphatic carbocycles. The van der Waals surface area contributed by atoms with Gasteiger partial charge in [0.1, 0.15) is 53.8 Å². The lowest BCUT2D eigenvalue weighted by Crippen LogP contribution is -2.59. The van der Waals surface area contributed by atoms with E-state index in [0.29, 0.717) is 65.3 Å². The minimum atomic E-state index is -1.40. The number of hydrogen-bond donors (Lipinski definition) is 4. The lowest BCUT2D eigenvalue weighted by atomic mass is 9.85. The van der Waals surface area contributed by atoms with Gasteiger partial charge in [-0.05, 0) is 88.9 Å². The van der Waals surface area contributed by atoms with Gasteiger partial charge in [0.2, 0.25) is 11.8 Å². The van der Waals surface area contributed by atoms with Gasteiger partial charge in [-0.2, -0.15) is 0 Å². The number of nitrogens with zero attached hydrogens (tertiary/aromatic N) is 5. The summed E-state index contributed by atoms with van der Waals surface area (Å²) < 4.78 is 20.2. The molecule has 0 spiro atoms. The van der Waals surface area contributed by atoms with E-state index in [1.165, 1.54) is 11.3 Å². The van der Waals surface area contributed by atoms with Crippen molar-refractivity contribution in [3.63, 3.8) is 0 Å². The Morgan fingerprint density at radius 1 is 1.03 bits per heavy atom. The monoisotopic (exact) mass is 816 g/mol. The molecule has 3 heterocycles. The van der Waals surface area contributed by atoms with E-state index < -0.39 is 53.0 Å². The van der Waals surface area contributed by atoms with E-state index in [0.717, 1.165) is 19.4 Å². The standard InChI is InChI=1S/C43H60N8O8/c1-9-27-22-43(27,40(54)55)47-38(52)33-20-30(23-50(33)39(53)37(42(4,5)6)46-41(56)59-29-17-25-16-26(25)18-29)58-34-21-36(51-13-12-35(48-51)44-24(2)3)45-32-19-28(10-11-31(32)34)57-15-14-49(7)8/h10-13,19,21,24-27,29-30,33,37H,9,14-18,20,22-23H2,1-8H3,(H,44,48)(H,46,56)(H,47,52)(H,54,55)/t25?,26?,27?,29?,30-,33?,37?,43?/m1/s1. The third-order valence-electron chi connectivity index (χ3n) is 12.1. The van der Waals surface area contributed by atoms with Crippen LogP contribution in [-0.4, -0.2) is 123 Å². The number of fused-ring (bicyclic) bond motifs is 2. The van der Waals surface area contributed by atoms with Gasteiger partial charge >= 0.3 is 12.1 Å². The van der Waals surface area contributed by atoms with Crippen LogP contribution in [0.3, 0.4) is 0 Å². The Bertz CT molecular complexity index is 2050. The number of carboxylic acid groups (broad SMARTS) is 1. The Balaban J connectivity index is 1.19. The first-order valence-electron chi connectivity index (χ1n) is 21.0. The summed E-state index contributed by atoms with van der Waals surface area (Å²) >= 11 is 0. The molecule has 3 saturated carbocycles. The van der Waals surface area contributed by atoms with E-state index in [4.69, 9.17) is 19.2 Å². The predicted octanol–water partition coefficient (Wildman–Crippen LogP) is 4.84. The quantitative estimate of drug-likeness (QED) is 0.154. The van der Waals surface area contributed by atoms with Crippen LogP contribution in [0.2, 0.25) is 0 Å². The molecule has 4 N–H and O–H groups in total. The van der Waals surface area contributed by atoms with Gasteiger partial charge in [-0.25, -0.2) is 19.3 Å². The highest BCUT2D eigenvalue weighted by Crippen LogP contribution is 2.52. The van der Waals surface area contributed by atoms with E-state index in [2.05, 4.69) is 21.0 Å². The lowest BCUT2D eigenvalue weighted by Gasteiger charge is -2.35. The highest BCUT2D eigenvalue weighted by molar-refractivity contribution is 5.96. The number of alkyl carbamates (subject to hydrolysis) is 1. The van der Waals surface area contributed by atoms with Crippen LogP contribution in [0.15, 0.2) is 36.5 Å². The minimum Gasteiger partial charge on any atom is -0.492 e. The molecule has 0 radical (unpaired) electrons. The van der Waals surface area contributed by atoms with Crippen molar-refractivity contribution in [1.29, 1.82) is 0 Å². The van der Waals surface area contributed by atoms with Gasteiger partial charge in [-0.3, -0.25) is 9.59 Å². The Hall–Kier alpha value is -5.12. The van der Waals surface area contributed by atoms with Crippen molar-refractivity contribution in [2.75, 3.05) is 39.1 Å². The molecular formula is C43H60N8O8. The molecule has 16 nitrogen and oxygen atoms in total. The summed E-state index contributed by atoms with van der Waals surface area (Å²) in [5, 5.41) is 24.5. The molecule has 7 atom stereocenters. The summed E-state index contributed by atoms with van der Waals surface area (Å²) in [6, 6.07) is 7.24. The first kappa shape index (κ1) is 42.0. The average Bonchev–Trinajstić information content (AvgIpc) is 3.83. The summed E-state index contributed by atoms with van der Waals surface area (Å²) in [6.07, 6.45) is 4.05. The summed E-state index contributed by atoms with van der Waals surface area (Å²) in [4.78, 5) is 63.1. The van der Waals surface area contributed by atoms with E-state index in [1.54, 1.807) is 16.9 Å². The van der Waals surface area contributed by atoms with Gasteiger partial charge < -0.3 is 45.1 Å². The number of carboxylic acids is 1. The molecule has 6 unspecified atom stereocenters. The van der Waals surface area contributed by atoms with Crippen molar-refractivity contribution in [3.8, 4) is 17.3 Å². The number of nitrogens with one attached hydrogen (secondary N) is 3. The molecule has 0 bridgehead atoms. The molecule has 59 heavy (non-hydrogen) atoms. The zero-order valence-electron chi connectivity index (χ0n) is 35.5. The smallest absolute Gasteiger partial charge is 0.408 e. The van der Waals surface area contributed by atoms with Gasteiger partial charge in [0, 0.05) is 48.8 Å². The molecule has 1 aliphatic heterocycles. The van der Waals surface area contributed by atoms with Crippen molar-refractivity contribution in [2.45, 2.75) is 116 Å². The fraction of sp³-hybridized carbons (Fsp3) is 0.628. The normalized spacial score (nSPS) is 26.4. The van der Waals surface area contributed by atoms with Crippen molar-refractivity contribution in [2.24, 2.45) is 23.2 Å². The van der Waals surface area contributed by atoms with Gasteiger partial charge in [-0.1, -0.05) is 34.1 Å². The largest absolute Gasteiger partial charge is 0.492 e. The molecule has 320 valence electrons. The fourth-order valence-electron chi connectivity index (χ4n) is 8.66. The number of benzene rings is 1. The number of aromatic nitrogens is 3. The molecule has 4 fully saturated rings. The van der Waals surface area contributed by atoms with Crippen LogP contribution in [0.5, 0.6) is 11.5 Å². The maximum absolute atomic E-state index is 14.7. The Kier molecular flexibility index (Phi) is 11.8. The Morgan fingerprint density at radius 3 is 2.42 bits per heavy atom. The van der Waals surface area contributed by atoms with Crippen LogP contribution in [-0.2, 0) is 19.1 Å². The number of carbonyl (C=O) groups is 4. The van der Waals surface area contributed by atoms with E-state index >= 15 is 0 Å². The first-order valence-corrected chi connectivity index (χ1v) is 21.0. The summed E-state index contributed by atoms with van der Waals surface area (Å²) in [7, 11) is 3.95. The molecule has 2 aromatic heterocycles. The molecule has 1 aromatic carbocycles. The SMILES string of the molecule is CCC1CC1(NC(=O)C1C[C@@H](Oc2cc(-n3ccc(NC(C)C)n3)nc3cc(OCCN(C)C)ccc23)CN1C(=O)C(NC(=O)OC1CC2CC2C1)C(C)(C)C)C(=O)O. The number of carbonyl (C=O) groups excluding carboxylic acids is 3. The summed E-state index contributed by atoms with van der Waals surface area (Å²) in [5.41, 5.74) is -1.58. The van der Waals surface area contributed by atoms with E-state index in [9.17, 15) is 24.3 Å². The maximum atomic E-state index is 14.7. The molecule has 4 aliphatic rings. The third kappa shape index (κ3) is 9.37. The van der Waals surface area contributed by atoms with Crippen LogP contribution in [0.1, 0.15) is 80.1 Å². The van der Waals surface area contributed by atoms with Crippen LogP contribution >= 0.6 is 0 Å². The number of aliphatic carboxylic acids is 1. The molecule has 7 rings (SSSR count). The molecule has 3 aromatic rings. The van der Waals surface area contributed by atoms with Crippen molar-refractivity contribution in [1.82, 2.24) is 35.2 Å². The van der Waals surface area contributed by atoms with E-state index in [-0.39, 0.29) is 31.0 Å². The van der Waals surface area contributed by atoms with E-state index in [1.807, 2.05) is 84.8 Å². The minimum absolute atomic E-state index is 0.00139. The number of ether oxygens (including phenoxy) is 3. The number of likely N-dealkylation sites (N-methyl/N-ethyl adjacent to an activating group) is 1. The summed E-state index contributed by atoms with van der Waals surface area (Å²) in [6.45, 7) is 12.7. The van der Waals surface area contributed by atoms with Gasteiger partial charge in [0.05, 0.1) is 12.1 Å². The second-order valence-electron chi connectivity index (χ2n) is 18.5. The summed E-state index contributed by atoms with van der Waals surface area (Å²) in [5.74, 6) is 1.07. The highest BCUT2D eigenvalue weighted by atomic mass is 16.6. The van der Waals surface area contributed by atoms with Gasteiger partial charge in [0.15, 0.2) is 5.82 Å². The lowest BCUT2D eigenvalue weighted by molar-refractivity contribution is -0.146. The van der Waals surface area contributed by atoms with Crippen LogP contribution in [0, 0.1) is 23.2 Å². The zero-order chi connectivity index (χ0) is 42.4. The Morgan fingerprint density at radius 2 is 1.78 bits per heavy atom. The van der Waals surface area contributed by atoms with Crippen LogP contribution in [0.25, 0.3) is 16.7 Å². The average molecular weight is 817 g/mol. The molecule has 3 amide bonds.